The smallest absolute Gasteiger partial charge is 0.416 e. The Bertz CT molecular complexity index is 462. The zero-order valence-corrected chi connectivity index (χ0v) is 9.20. The van der Waals surface area contributed by atoms with Crippen molar-refractivity contribution in [1.29, 1.82) is 0 Å². The molecular weight excluding hydrogens is 249 g/mol. The number of benzene rings is 1. The molecule has 98 valence electrons. The van der Waals surface area contributed by atoms with Crippen LogP contribution in [0.25, 0.3) is 0 Å². The Labute approximate surface area is 101 Å². The molecule has 2 rings (SSSR count). The van der Waals surface area contributed by atoms with Gasteiger partial charge in [0.25, 0.3) is 0 Å². The summed E-state index contributed by atoms with van der Waals surface area (Å²) in [6, 6.07) is 4.34. The fourth-order valence-corrected chi connectivity index (χ4v) is 1.92. The number of amides is 1. The van der Waals surface area contributed by atoms with Crippen LogP contribution < -0.4 is 11.1 Å². The summed E-state index contributed by atoms with van der Waals surface area (Å²) in [7, 11) is 0. The van der Waals surface area contributed by atoms with Gasteiger partial charge in [-0.2, -0.15) is 13.2 Å². The first kappa shape index (κ1) is 12.7. The Balaban J connectivity index is 2.42. The Kier molecular flexibility index (Phi) is 3.16. The molecule has 1 aromatic carbocycles. The van der Waals surface area contributed by atoms with Crippen LogP contribution in [0.2, 0.25) is 0 Å². The second-order valence-corrected chi connectivity index (χ2v) is 3.90. The molecule has 2 atom stereocenters. The van der Waals surface area contributed by atoms with Crippen LogP contribution in [-0.4, -0.2) is 18.7 Å². The maximum absolute atomic E-state index is 12.8. The number of halogens is 3. The molecule has 1 amide bonds. The zero-order chi connectivity index (χ0) is 13.3. The van der Waals surface area contributed by atoms with E-state index in [-0.39, 0.29) is 12.1 Å². The van der Waals surface area contributed by atoms with Gasteiger partial charge in [0.05, 0.1) is 11.6 Å². The molecule has 7 heteroatoms. The Hall–Kier alpha value is -1.76. The fraction of sp³-hybridized carbons (Fsp3) is 0.364. The Morgan fingerprint density at radius 3 is 2.61 bits per heavy atom. The van der Waals surface area contributed by atoms with E-state index in [1.165, 1.54) is 18.2 Å². The predicted molar refractivity (Wildman–Crippen MR) is 56.6 cm³/mol. The van der Waals surface area contributed by atoms with Crippen molar-refractivity contribution >= 4 is 6.09 Å². The van der Waals surface area contributed by atoms with E-state index in [4.69, 9.17) is 10.5 Å². The van der Waals surface area contributed by atoms with Crippen molar-refractivity contribution in [3.8, 4) is 0 Å². The highest BCUT2D eigenvalue weighted by Crippen LogP contribution is 2.37. The highest BCUT2D eigenvalue weighted by molar-refractivity contribution is 5.70. The van der Waals surface area contributed by atoms with Crippen LogP contribution in [-0.2, 0) is 10.9 Å². The Morgan fingerprint density at radius 1 is 1.33 bits per heavy atom. The lowest BCUT2D eigenvalue weighted by atomic mass is 9.97. The van der Waals surface area contributed by atoms with Crippen molar-refractivity contribution in [2.45, 2.75) is 18.3 Å². The van der Waals surface area contributed by atoms with E-state index < -0.39 is 30.0 Å². The first-order valence-corrected chi connectivity index (χ1v) is 5.27. The van der Waals surface area contributed by atoms with Gasteiger partial charge in [-0.1, -0.05) is 18.2 Å². The number of carbonyl (C=O) groups excluding carboxylic acids is 1. The van der Waals surface area contributed by atoms with Crippen molar-refractivity contribution in [2.75, 3.05) is 6.54 Å². The van der Waals surface area contributed by atoms with Crippen molar-refractivity contribution in [3.05, 3.63) is 35.4 Å². The van der Waals surface area contributed by atoms with Gasteiger partial charge in [0, 0.05) is 12.1 Å². The van der Waals surface area contributed by atoms with Crippen LogP contribution in [0.3, 0.4) is 0 Å². The van der Waals surface area contributed by atoms with Gasteiger partial charge in [0.15, 0.2) is 6.10 Å². The first-order chi connectivity index (χ1) is 8.43. The van der Waals surface area contributed by atoms with Crippen molar-refractivity contribution in [2.24, 2.45) is 5.73 Å². The van der Waals surface area contributed by atoms with Crippen molar-refractivity contribution < 1.29 is 22.7 Å². The molecule has 2 unspecified atom stereocenters. The molecular formula is C11H11F3N2O2. The van der Waals surface area contributed by atoms with Gasteiger partial charge >= 0.3 is 12.3 Å². The quantitative estimate of drug-likeness (QED) is 0.852. The van der Waals surface area contributed by atoms with Crippen LogP contribution in [0, 0.1) is 0 Å². The van der Waals surface area contributed by atoms with Gasteiger partial charge in [-0.3, -0.25) is 0 Å². The molecule has 0 bridgehead atoms. The van der Waals surface area contributed by atoms with E-state index in [1.54, 1.807) is 0 Å². The van der Waals surface area contributed by atoms with Gasteiger partial charge in [0.2, 0.25) is 0 Å². The van der Waals surface area contributed by atoms with Gasteiger partial charge in [-0.25, -0.2) is 4.79 Å². The average molecular weight is 260 g/mol. The maximum atomic E-state index is 12.8. The first-order valence-electron chi connectivity index (χ1n) is 5.27. The number of hydrogen-bond acceptors (Lipinski definition) is 3. The standard InChI is InChI=1S/C11H11F3N2O2/c12-11(13,14)7-4-2-1-3-6(7)9-8(5-15)16-10(17)18-9/h1-4,8-9H,5,15H2,(H,16,17). The third kappa shape index (κ3) is 2.26. The van der Waals surface area contributed by atoms with E-state index in [1.807, 2.05) is 0 Å². The van der Waals surface area contributed by atoms with Crippen LogP contribution in [0.4, 0.5) is 18.0 Å². The average Bonchev–Trinajstić information content (AvgIpc) is 2.69. The molecule has 0 spiro atoms. The van der Waals surface area contributed by atoms with E-state index in [0.29, 0.717) is 0 Å². The van der Waals surface area contributed by atoms with Crippen LogP contribution in [0.15, 0.2) is 24.3 Å². The van der Waals surface area contributed by atoms with E-state index in [9.17, 15) is 18.0 Å². The van der Waals surface area contributed by atoms with Crippen LogP contribution in [0.5, 0.6) is 0 Å². The van der Waals surface area contributed by atoms with E-state index >= 15 is 0 Å². The summed E-state index contributed by atoms with van der Waals surface area (Å²) in [6.07, 6.45) is -6.27. The fourth-order valence-electron chi connectivity index (χ4n) is 1.92. The molecule has 0 aliphatic carbocycles. The molecule has 1 aliphatic heterocycles. The third-order valence-electron chi connectivity index (χ3n) is 2.73. The second kappa shape index (κ2) is 4.49. The van der Waals surface area contributed by atoms with Crippen molar-refractivity contribution in [1.82, 2.24) is 5.32 Å². The molecule has 0 aromatic heterocycles. The number of hydrogen-bond donors (Lipinski definition) is 2. The summed E-state index contributed by atoms with van der Waals surface area (Å²) in [5.41, 5.74) is 4.51. The van der Waals surface area contributed by atoms with Crippen LogP contribution >= 0.6 is 0 Å². The summed E-state index contributed by atoms with van der Waals surface area (Å²) in [4.78, 5) is 11.1. The van der Waals surface area contributed by atoms with E-state index in [2.05, 4.69) is 5.32 Å². The summed E-state index contributed by atoms with van der Waals surface area (Å²) < 4.78 is 43.4. The summed E-state index contributed by atoms with van der Waals surface area (Å²) >= 11 is 0. The van der Waals surface area contributed by atoms with Crippen molar-refractivity contribution in [3.63, 3.8) is 0 Å². The lowest BCUT2D eigenvalue weighted by Gasteiger charge is -2.20. The molecule has 18 heavy (non-hydrogen) atoms. The lowest BCUT2D eigenvalue weighted by Crippen LogP contribution is -2.35. The Morgan fingerprint density at radius 2 is 2.00 bits per heavy atom. The predicted octanol–water partition coefficient (Wildman–Crippen LogP) is 1.81. The number of nitrogens with two attached hydrogens (primary N) is 1. The number of alkyl carbamates (subject to hydrolysis) is 1. The second-order valence-electron chi connectivity index (χ2n) is 3.90. The molecule has 3 N–H and O–H groups in total. The molecule has 4 nitrogen and oxygen atoms in total. The topological polar surface area (TPSA) is 64.3 Å². The van der Waals surface area contributed by atoms with Gasteiger partial charge < -0.3 is 15.8 Å². The highest BCUT2D eigenvalue weighted by atomic mass is 19.4. The normalized spacial score (nSPS) is 23.7. The largest absolute Gasteiger partial charge is 0.439 e. The molecule has 1 heterocycles. The molecule has 1 aliphatic rings. The van der Waals surface area contributed by atoms with Gasteiger partial charge in [-0.05, 0) is 6.07 Å². The number of ether oxygens (including phenoxy) is 1. The van der Waals surface area contributed by atoms with Gasteiger partial charge in [-0.15, -0.1) is 0 Å². The van der Waals surface area contributed by atoms with Crippen LogP contribution in [0.1, 0.15) is 17.2 Å². The van der Waals surface area contributed by atoms with E-state index in [0.717, 1.165) is 6.07 Å². The SMILES string of the molecule is NCC1NC(=O)OC1c1ccccc1C(F)(F)F. The molecule has 0 saturated carbocycles. The molecule has 1 aromatic rings. The summed E-state index contributed by atoms with van der Waals surface area (Å²) in [6.45, 7) is 0.00258. The monoisotopic (exact) mass is 260 g/mol. The number of rotatable bonds is 2. The highest BCUT2D eigenvalue weighted by Gasteiger charge is 2.41. The molecule has 0 radical (unpaired) electrons. The zero-order valence-electron chi connectivity index (χ0n) is 9.20. The summed E-state index contributed by atoms with van der Waals surface area (Å²) in [5, 5.41) is 2.38. The number of nitrogens with one attached hydrogen (secondary N) is 1. The number of cyclic esters (lactones) is 1. The minimum absolute atomic E-state index is 0.00258. The molecule has 1 saturated heterocycles. The summed E-state index contributed by atoms with van der Waals surface area (Å²) in [5.74, 6) is 0. The number of alkyl halides is 3. The lowest BCUT2D eigenvalue weighted by molar-refractivity contribution is -0.139. The minimum atomic E-state index is -4.50. The minimum Gasteiger partial charge on any atom is -0.439 e. The molecule has 1 fully saturated rings. The van der Waals surface area contributed by atoms with Gasteiger partial charge in [0.1, 0.15) is 0 Å². The number of carbonyl (C=O) groups is 1. The third-order valence-corrected chi connectivity index (χ3v) is 2.73. The maximum Gasteiger partial charge on any atom is 0.416 e.